The van der Waals surface area contributed by atoms with Crippen molar-refractivity contribution in [2.75, 3.05) is 5.32 Å². The van der Waals surface area contributed by atoms with Gasteiger partial charge in [-0.1, -0.05) is 60.7 Å². The van der Waals surface area contributed by atoms with E-state index < -0.39 is 24.0 Å². The van der Waals surface area contributed by atoms with Crippen LogP contribution < -0.4 is 10.9 Å². The Balaban J connectivity index is 1.56. The number of carbonyl (C=O) groups is 2. The Morgan fingerprint density at radius 3 is 2.10 bits per heavy atom. The van der Waals surface area contributed by atoms with Gasteiger partial charge in [-0.2, -0.15) is 5.10 Å². The fourth-order valence-electron chi connectivity index (χ4n) is 3.21. The van der Waals surface area contributed by atoms with E-state index in [0.29, 0.717) is 5.69 Å². The summed E-state index contributed by atoms with van der Waals surface area (Å²) >= 11 is 0. The lowest BCUT2D eigenvalue weighted by Gasteiger charge is -2.10. The minimum atomic E-state index is -1.27. The van der Waals surface area contributed by atoms with Crippen molar-refractivity contribution in [3.8, 4) is 11.1 Å². The Hall–Kier alpha value is -4.26. The summed E-state index contributed by atoms with van der Waals surface area (Å²) in [5.41, 5.74) is 1.83. The third-order valence-corrected chi connectivity index (χ3v) is 4.64. The summed E-state index contributed by atoms with van der Waals surface area (Å²) < 4.78 is 0.874. The van der Waals surface area contributed by atoms with Crippen LogP contribution >= 0.6 is 0 Å². The zero-order valence-corrected chi connectivity index (χ0v) is 15.8. The molecule has 4 rings (SSSR count). The number of aromatic nitrogens is 2. The molecule has 0 fully saturated rings. The fourth-order valence-corrected chi connectivity index (χ4v) is 3.21. The smallest absolute Gasteiger partial charge is 0.357 e. The van der Waals surface area contributed by atoms with E-state index in [1.165, 1.54) is 12.1 Å². The van der Waals surface area contributed by atoms with Crippen LogP contribution in [0.3, 0.4) is 0 Å². The van der Waals surface area contributed by atoms with Gasteiger partial charge < -0.3 is 10.4 Å². The van der Waals surface area contributed by atoms with Crippen molar-refractivity contribution in [2.24, 2.45) is 0 Å². The summed E-state index contributed by atoms with van der Waals surface area (Å²) in [6, 6.07) is 23.4. The number of carboxylic acid groups (broad SMARTS) is 1. The molecule has 0 atom stereocenters. The first-order chi connectivity index (χ1) is 14.5. The van der Waals surface area contributed by atoms with Crippen molar-refractivity contribution in [3.63, 3.8) is 0 Å². The Labute approximate surface area is 171 Å². The van der Waals surface area contributed by atoms with Gasteiger partial charge in [-0.15, -0.1) is 0 Å². The van der Waals surface area contributed by atoms with Gasteiger partial charge in [0, 0.05) is 11.1 Å². The highest BCUT2D eigenvalue weighted by atomic mass is 16.4. The number of fused-ring (bicyclic) bond motifs is 1. The first-order valence-electron chi connectivity index (χ1n) is 9.21. The van der Waals surface area contributed by atoms with Crippen molar-refractivity contribution in [1.29, 1.82) is 0 Å². The first kappa shape index (κ1) is 19.1. The summed E-state index contributed by atoms with van der Waals surface area (Å²) in [7, 11) is 0. The van der Waals surface area contributed by atoms with Gasteiger partial charge in [0.2, 0.25) is 5.91 Å². The van der Waals surface area contributed by atoms with E-state index in [2.05, 4.69) is 10.4 Å². The molecule has 1 amide bonds. The highest BCUT2D eigenvalue weighted by Gasteiger charge is 2.17. The molecule has 7 nitrogen and oxygen atoms in total. The molecule has 0 unspecified atom stereocenters. The molecule has 0 aliphatic carbocycles. The standard InChI is InChI=1S/C23H17N3O4/c27-20(24-17-12-10-16(11-13-17)15-6-2-1-3-7-15)14-26-22(28)19-9-5-4-8-18(19)21(25-26)23(29)30/h1-13H,14H2,(H,24,27)(H,29,30). The van der Waals surface area contributed by atoms with E-state index >= 15 is 0 Å². The van der Waals surface area contributed by atoms with E-state index in [0.717, 1.165) is 15.8 Å². The third-order valence-electron chi connectivity index (χ3n) is 4.64. The topological polar surface area (TPSA) is 101 Å². The minimum Gasteiger partial charge on any atom is -0.476 e. The molecule has 3 aromatic carbocycles. The molecule has 7 heteroatoms. The number of benzene rings is 3. The molecule has 0 saturated heterocycles. The van der Waals surface area contributed by atoms with Crippen LogP contribution in [0.4, 0.5) is 5.69 Å². The van der Waals surface area contributed by atoms with Gasteiger partial charge in [0.25, 0.3) is 5.56 Å². The number of rotatable bonds is 5. The zero-order valence-electron chi connectivity index (χ0n) is 15.8. The second-order valence-electron chi connectivity index (χ2n) is 6.65. The lowest BCUT2D eigenvalue weighted by atomic mass is 10.1. The molecular formula is C23H17N3O4. The highest BCUT2D eigenvalue weighted by Crippen LogP contribution is 2.21. The van der Waals surface area contributed by atoms with Crippen LogP contribution in [0.2, 0.25) is 0 Å². The van der Waals surface area contributed by atoms with E-state index in [4.69, 9.17) is 0 Å². The second kappa shape index (κ2) is 8.00. The summed E-state index contributed by atoms with van der Waals surface area (Å²) in [5.74, 6) is -1.75. The van der Waals surface area contributed by atoms with Crippen molar-refractivity contribution in [2.45, 2.75) is 6.54 Å². The summed E-state index contributed by atoms with van der Waals surface area (Å²) in [5, 5.41) is 16.4. The maximum Gasteiger partial charge on any atom is 0.357 e. The van der Waals surface area contributed by atoms with Gasteiger partial charge in [-0.25, -0.2) is 9.48 Å². The van der Waals surface area contributed by atoms with E-state index in [-0.39, 0.29) is 16.5 Å². The van der Waals surface area contributed by atoms with Crippen LogP contribution in [0.1, 0.15) is 10.5 Å². The molecule has 4 aromatic rings. The van der Waals surface area contributed by atoms with Crippen molar-refractivity contribution < 1.29 is 14.7 Å². The van der Waals surface area contributed by atoms with Crippen LogP contribution in [-0.2, 0) is 11.3 Å². The van der Waals surface area contributed by atoms with Gasteiger partial charge >= 0.3 is 5.97 Å². The summed E-state index contributed by atoms with van der Waals surface area (Å²) in [6.07, 6.45) is 0. The van der Waals surface area contributed by atoms with E-state index in [9.17, 15) is 19.5 Å². The average molecular weight is 399 g/mol. The molecule has 0 spiro atoms. The normalized spacial score (nSPS) is 10.7. The Bertz CT molecular complexity index is 1300. The molecule has 0 aliphatic heterocycles. The molecule has 2 N–H and O–H groups in total. The van der Waals surface area contributed by atoms with E-state index in [1.807, 2.05) is 42.5 Å². The van der Waals surface area contributed by atoms with Crippen molar-refractivity contribution in [1.82, 2.24) is 9.78 Å². The molecule has 0 saturated carbocycles. The van der Waals surface area contributed by atoms with Crippen LogP contribution in [0, 0.1) is 0 Å². The molecule has 0 radical (unpaired) electrons. The van der Waals surface area contributed by atoms with Gasteiger partial charge in [-0.3, -0.25) is 9.59 Å². The lowest BCUT2D eigenvalue weighted by molar-refractivity contribution is -0.117. The van der Waals surface area contributed by atoms with Crippen LogP contribution in [0.5, 0.6) is 0 Å². The van der Waals surface area contributed by atoms with Crippen molar-refractivity contribution in [3.05, 3.63) is 94.9 Å². The number of hydrogen-bond acceptors (Lipinski definition) is 4. The third kappa shape index (κ3) is 3.81. The zero-order chi connectivity index (χ0) is 21.1. The molecule has 0 bridgehead atoms. The minimum absolute atomic E-state index is 0.199. The largest absolute Gasteiger partial charge is 0.476 e. The number of nitrogens with one attached hydrogen (secondary N) is 1. The number of carboxylic acids is 1. The van der Waals surface area contributed by atoms with Crippen LogP contribution in [-0.4, -0.2) is 26.8 Å². The predicted molar refractivity (Wildman–Crippen MR) is 113 cm³/mol. The highest BCUT2D eigenvalue weighted by molar-refractivity contribution is 6.01. The number of carbonyl (C=O) groups excluding carboxylic acids is 1. The SMILES string of the molecule is O=C(Cn1nc(C(=O)O)c2ccccc2c1=O)Nc1ccc(-c2ccccc2)cc1. The number of hydrogen-bond donors (Lipinski definition) is 2. The maximum absolute atomic E-state index is 12.6. The van der Waals surface area contributed by atoms with Crippen LogP contribution in [0.25, 0.3) is 21.9 Å². The summed E-state index contributed by atoms with van der Waals surface area (Å²) in [4.78, 5) is 36.6. The van der Waals surface area contributed by atoms with Gasteiger partial charge in [0.15, 0.2) is 5.69 Å². The first-order valence-corrected chi connectivity index (χ1v) is 9.21. The van der Waals surface area contributed by atoms with Gasteiger partial charge in [0.05, 0.1) is 5.39 Å². The molecule has 1 aromatic heterocycles. The van der Waals surface area contributed by atoms with Gasteiger partial charge in [0.1, 0.15) is 6.54 Å². The second-order valence-corrected chi connectivity index (χ2v) is 6.65. The Morgan fingerprint density at radius 2 is 1.43 bits per heavy atom. The maximum atomic E-state index is 12.6. The van der Waals surface area contributed by atoms with E-state index in [1.54, 1.807) is 24.3 Å². The van der Waals surface area contributed by atoms with Crippen LogP contribution in [0.15, 0.2) is 83.7 Å². The van der Waals surface area contributed by atoms with Gasteiger partial charge in [-0.05, 0) is 29.3 Å². The Kier molecular flexibility index (Phi) is 5.09. The Morgan fingerprint density at radius 1 is 0.833 bits per heavy atom. The average Bonchev–Trinajstić information content (AvgIpc) is 2.76. The number of anilines is 1. The quantitative estimate of drug-likeness (QED) is 0.536. The summed E-state index contributed by atoms with van der Waals surface area (Å²) in [6.45, 7) is -0.398. The molecular weight excluding hydrogens is 382 g/mol. The monoisotopic (exact) mass is 399 g/mol. The molecule has 1 heterocycles. The number of aromatic carboxylic acids is 1. The fraction of sp³-hybridized carbons (Fsp3) is 0.0435. The molecule has 0 aliphatic rings. The van der Waals surface area contributed by atoms with Crippen molar-refractivity contribution >= 4 is 28.3 Å². The lowest BCUT2D eigenvalue weighted by Crippen LogP contribution is -2.31. The number of amides is 1. The number of nitrogens with zero attached hydrogens (tertiary/aromatic N) is 2. The molecule has 30 heavy (non-hydrogen) atoms. The molecule has 148 valence electrons. The predicted octanol–water partition coefficient (Wildman–Crippen LogP) is 3.40.